The molecule has 1 fully saturated rings. The van der Waals surface area contributed by atoms with Gasteiger partial charge in [-0.05, 0) is 24.1 Å². The van der Waals surface area contributed by atoms with Gasteiger partial charge in [0.05, 0.1) is 16.2 Å². The van der Waals surface area contributed by atoms with E-state index in [1.807, 2.05) is 4.90 Å². The molecule has 1 saturated heterocycles. The van der Waals surface area contributed by atoms with Crippen LogP contribution in [0.3, 0.4) is 0 Å². The van der Waals surface area contributed by atoms with Gasteiger partial charge < -0.3 is 15.2 Å². The minimum atomic E-state index is -0.496. The number of nitro groups is 1. The lowest BCUT2D eigenvalue weighted by atomic mass is 10.1. The number of non-ortho nitro benzene ring substituents is 1. The van der Waals surface area contributed by atoms with Crippen LogP contribution in [-0.2, 0) is 0 Å². The fourth-order valence-electron chi connectivity index (χ4n) is 2.23. The van der Waals surface area contributed by atoms with Crippen LogP contribution in [0.1, 0.15) is 12.8 Å². The van der Waals surface area contributed by atoms with Crippen molar-refractivity contribution < 1.29 is 9.45 Å². The highest BCUT2D eigenvalue weighted by Gasteiger charge is 2.20. The Balaban J connectivity index is 1.91. The Hall–Kier alpha value is -2.64. The Morgan fingerprint density at radius 1 is 1.35 bits per heavy atom. The molecule has 2 heterocycles. The van der Waals surface area contributed by atoms with Gasteiger partial charge in [0.1, 0.15) is 0 Å². The third-order valence-electron chi connectivity index (χ3n) is 3.28. The predicted molar refractivity (Wildman–Crippen MR) is 72.2 cm³/mol. The molecule has 0 bridgehead atoms. The summed E-state index contributed by atoms with van der Waals surface area (Å²) in [5, 5.41) is 14.6. The van der Waals surface area contributed by atoms with Gasteiger partial charge in [0.25, 0.3) is 17.5 Å². The van der Waals surface area contributed by atoms with Crippen LogP contribution in [0.2, 0.25) is 0 Å². The van der Waals surface area contributed by atoms with Gasteiger partial charge >= 0.3 is 0 Å². The number of hydrogen-bond donors (Lipinski definition) is 1. The Morgan fingerprint density at radius 3 is 2.75 bits per heavy atom. The first-order valence-corrected chi connectivity index (χ1v) is 6.28. The van der Waals surface area contributed by atoms with Crippen molar-refractivity contribution in [1.82, 2.24) is 10.1 Å². The highest BCUT2D eigenvalue weighted by atomic mass is 16.6. The van der Waals surface area contributed by atoms with Crippen molar-refractivity contribution in [2.75, 3.05) is 23.7 Å². The van der Waals surface area contributed by atoms with Crippen molar-refractivity contribution in [3.63, 3.8) is 0 Å². The van der Waals surface area contributed by atoms with E-state index in [0.717, 1.165) is 25.9 Å². The second-order valence-corrected chi connectivity index (χ2v) is 4.62. The molecular formula is C12H13N5O3. The number of nitrogens with zero attached hydrogens (tertiary/aromatic N) is 4. The normalized spacial score (nSPS) is 14.7. The largest absolute Gasteiger partial charge is 0.398 e. The number of nitrogens with two attached hydrogens (primary N) is 1. The van der Waals surface area contributed by atoms with E-state index in [1.54, 1.807) is 0 Å². The van der Waals surface area contributed by atoms with Gasteiger partial charge in [0.2, 0.25) is 0 Å². The molecule has 1 aliphatic heterocycles. The van der Waals surface area contributed by atoms with Gasteiger partial charge in [-0.2, -0.15) is 4.98 Å². The Labute approximate surface area is 114 Å². The lowest BCUT2D eigenvalue weighted by Gasteiger charge is -2.09. The first kappa shape index (κ1) is 12.4. The summed E-state index contributed by atoms with van der Waals surface area (Å²) in [5.74, 6) is 0.814. The zero-order chi connectivity index (χ0) is 14.1. The summed E-state index contributed by atoms with van der Waals surface area (Å²) in [6, 6.07) is 4.18. The van der Waals surface area contributed by atoms with Gasteiger partial charge in [0, 0.05) is 25.2 Å². The summed E-state index contributed by atoms with van der Waals surface area (Å²) in [7, 11) is 0. The molecule has 104 valence electrons. The first-order chi connectivity index (χ1) is 9.65. The smallest absolute Gasteiger partial charge is 0.271 e. The van der Waals surface area contributed by atoms with Crippen LogP contribution < -0.4 is 10.6 Å². The van der Waals surface area contributed by atoms with Crippen LogP contribution >= 0.6 is 0 Å². The van der Waals surface area contributed by atoms with Crippen LogP contribution in [-0.4, -0.2) is 28.2 Å². The zero-order valence-corrected chi connectivity index (χ0v) is 10.7. The molecule has 2 N–H and O–H groups in total. The SMILES string of the molecule is Nc1cc([N+](=O)[O-])ccc1-c1nc(N2CCCC2)no1. The van der Waals surface area contributed by atoms with Crippen LogP contribution in [0.15, 0.2) is 22.7 Å². The maximum Gasteiger partial charge on any atom is 0.271 e. The standard InChI is InChI=1S/C12H13N5O3/c13-10-7-8(17(18)19)3-4-9(10)11-14-12(15-20-11)16-5-1-2-6-16/h3-4,7H,1-2,5-6,13H2. The molecule has 8 heteroatoms. The topological polar surface area (TPSA) is 111 Å². The fourth-order valence-corrected chi connectivity index (χ4v) is 2.23. The van der Waals surface area contributed by atoms with Crippen LogP contribution in [0.5, 0.6) is 0 Å². The molecule has 20 heavy (non-hydrogen) atoms. The fraction of sp³-hybridized carbons (Fsp3) is 0.333. The molecule has 0 atom stereocenters. The van der Waals surface area contributed by atoms with Crippen LogP contribution in [0.25, 0.3) is 11.5 Å². The summed E-state index contributed by atoms with van der Waals surface area (Å²) in [6.07, 6.45) is 2.23. The molecule has 2 aromatic rings. The molecule has 0 unspecified atom stereocenters. The number of hydrogen-bond acceptors (Lipinski definition) is 7. The van der Waals surface area contributed by atoms with Gasteiger partial charge in [0.15, 0.2) is 0 Å². The molecule has 0 aliphatic carbocycles. The molecular weight excluding hydrogens is 262 g/mol. The molecule has 0 spiro atoms. The number of rotatable bonds is 3. The van der Waals surface area contributed by atoms with Crippen molar-refractivity contribution in [3.8, 4) is 11.5 Å². The highest BCUT2D eigenvalue weighted by Crippen LogP contribution is 2.29. The monoisotopic (exact) mass is 275 g/mol. The van der Waals surface area contributed by atoms with Crippen molar-refractivity contribution in [3.05, 3.63) is 28.3 Å². The average Bonchev–Trinajstić information content (AvgIpc) is 3.09. The maximum absolute atomic E-state index is 10.7. The predicted octanol–water partition coefficient (Wildman–Crippen LogP) is 1.83. The lowest BCUT2D eigenvalue weighted by Crippen LogP contribution is -2.18. The highest BCUT2D eigenvalue weighted by molar-refractivity contribution is 5.73. The number of nitro benzene ring substituents is 1. The molecule has 1 aromatic carbocycles. The van der Waals surface area contributed by atoms with Crippen molar-refractivity contribution in [1.29, 1.82) is 0 Å². The molecule has 0 saturated carbocycles. The number of benzene rings is 1. The quantitative estimate of drug-likeness (QED) is 0.516. The van der Waals surface area contributed by atoms with Gasteiger partial charge in [-0.25, -0.2) is 0 Å². The zero-order valence-electron chi connectivity index (χ0n) is 10.7. The van der Waals surface area contributed by atoms with E-state index in [4.69, 9.17) is 10.3 Å². The van der Waals surface area contributed by atoms with E-state index in [2.05, 4.69) is 10.1 Å². The third kappa shape index (κ3) is 2.15. The summed E-state index contributed by atoms with van der Waals surface area (Å²) in [4.78, 5) is 16.5. The number of aromatic nitrogens is 2. The third-order valence-corrected chi connectivity index (χ3v) is 3.28. The minimum Gasteiger partial charge on any atom is -0.398 e. The van der Waals surface area contributed by atoms with E-state index in [0.29, 0.717) is 11.5 Å². The first-order valence-electron chi connectivity index (χ1n) is 6.28. The molecule has 1 aliphatic rings. The van der Waals surface area contributed by atoms with Crippen LogP contribution in [0, 0.1) is 10.1 Å². The van der Waals surface area contributed by atoms with Crippen molar-refractivity contribution >= 4 is 17.3 Å². The van der Waals surface area contributed by atoms with Crippen LogP contribution in [0.4, 0.5) is 17.3 Å². The van der Waals surface area contributed by atoms with Crippen molar-refractivity contribution in [2.24, 2.45) is 0 Å². The van der Waals surface area contributed by atoms with Crippen molar-refractivity contribution in [2.45, 2.75) is 12.8 Å². The molecule has 0 radical (unpaired) electrons. The second-order valence-electron chi connectivity index (χ2n) is 4.62. The van der Waals surface area contributed by atoms with Gasteiger partial charge in [-0.3, -0.25) is 10.1 Å². The summed E-state index contributed by atoms with van der Waals surface area (Å²) >= 11 is 0. The second kappa shape index (κ2) is 4.80. The van der Waals surface area contributed by atoms with E-state index < -0.39 is 4.92 Å². The van der Waals surface area contributed by atoms with Gasteiger partial charge in [-0.15, -0.1) is 0 Å². The molecule has 1 aromatic heterocycles. The van der Waals surface area contributed by atoms with Gasteiger partial charge in [-0.1, -0.05) is 0 Å². The lowest BCUT2D eigenvalue weighted by molar-refractivity contribution is -0.384. The maximum atomic E-state index is 10.7. The average molecular weight is 275 g/mol. The van der Waals surface area contributed by atoms with E-state index in [-0.39, 0.29) is 17.3 Å². The van der Waals surface area contributed by atoms with E-state index in [9.17, 15) is 10.1 Å². The minimum absolute atomic E-state index is 0.0643. The Morgan fingerprint density at radius 2 is 2.10 bits per heavy atom. The number of anilines is 2. The van der Waals surface area contributed by atoms with E-state index >= 15 is 0 Å². The molecule has 0 amide bonds. The summed E-state index contributed by atoms with van der Waals surface area (Å²) in [5.41, 5.74) is 6.50. The number of nitrogen functional groups attached to an aromatic ring is 1. The summed E-state index contributed by atoms with van der Waals surface area (Å²) < 4.78 is 5.19. The Kier molecular flexibility index (Phi) is 2.97. The van der Waals surface area contributed by atoms with E-state index in [1.165, 1.54) is 18.2 Å². The summed E-state index contributed by atoms with van der Waals surface area (Å²) in [6.45, 7) is 1.82. The Bertz CT molecular complexity index is 648. The molecule has 3 rings (SSSR count). The molecule has 8 nitrogen and oxygen atoms in total.